The molecule has 0 spiro atoms. The lowest BCUT2D eigenvalue weighted by molar-refractivity contribution is -0.141. The number of nitrogen functional groups attached to an aromatic ring is 1. The molecule has 0 aliphatic carbocycles. The molecule has 0 amide bonds. The molecular formula is C13H12N2O2S. The van der Waals surface area contributed by atoms with E-state index in [1.165, 1.54) is 0 Å². The van der Waals surface area contributed by atoms with Crippen LogP contribution in [0.25, 0.3) is 0 Å². The van der Waals surface area contributed by atoms with E-state index in [9.17, 15) is 4.79 Å². The summed E-state index contributed by atoms with van der Waals surface area (Å²) in [6.45, 7) is 2.09. The molecule has 5 heteroatoms. The molecule has 0 heterocycles. The average molecular weight is 260 g/mol. The summed E-state index contributed by atoms with van der Waals surface area (Å²) in [5.74, 6) is 5.15. The number of hydrogen-bond acceptors (Lipinski definition) is 5. The fourth-order valence-electron chi connectivity index (χ4n) is 1.18. The van der Waals surface area contributed by atoms with Crippen LogP contribution < -0.4 is 5.73 Å². The Labute approximate surface area is 110 Å². The molecule has 1 aromatic carbocycles. The van der Waals surface area contributed by atoms with Crippen LogP contribution in [0.3, 0.4) is 0 Å². The maximum atomic E-state index is 11.1. The third-order valence-corrected chi connectivity index (χ3v) is 2.53. The molecule has 1 rings (SSSR count). The van der Waals surface area contributed by atoms with Crippen LogP contribution in [0, 0.1) is 22.5 Å². The SMILES string of the molecule is CCOC(=O)CC#Cc1cc(SC#N)ccc1N. The molecule has 0 unspecified atom stereocenters. The lowest BCUT2D eigenvalue weighted by Gasteiger charge is -2.00. The number of benzene rings is 1. The van der Waals surface area contributed by atoms with Crippen LogP contribution in [0.5, 0.6) is 0 Å². The highest BCUT2D eigenvalue weighted by Crippen LogP contribution is 2.21. The van der Waals surface area contributed by atoms with Crippen LogP contribution in [0.4, 0.5) is 5.69 Å². The fourth-order valence-corrected chi connectivity index (χ4v) is 1.60. The molecule has 0 atom stereocenters. The van der Waals surface area contributed by atoms with Crippen molar-refractivity contribution in [1.82, 2.24) is 0 Å². The number of thioether (sulfide) groups is 1. The smallest absolute Gasteiger partial charge is 0.317 e. The molecule has 0 bridgehead atoms. The molecule has 0 aliphatic rings. The van der Waals surface area contributed by atoms with E-state index < -0.39 is 0 Å². The predicted octanol–water partition coefficient (Wildman–Crippen LogP) is 2.15. The van der Waals surface area contributed by atoms with Crippen LogP contribution in [0.15, 0.2) is 23.1 Å². The normalized spacial score (nSPS) is 8.89. The summed E-state index contributed by atoms with van der Waals surface area (Å²) in [4.78, 5) is 11.9. The highest BCUT2D eigenvalue weighted by atomic mass is 32.2. The standard InChI is InChI=1S/C13H12N2O2S/c1-2-17-13(16)5-3-4-10-8-11(18-9-14)6-7-12(10)15/h6-8H,2,5,15H2,1H3. The number of nitrogens with zero attached hydrogens (tertiary/aromatic N) is 1. The van der Waals surface area contributed by atoms with Gasteiger partial charge in [-0.3, -0.25) is 4.79 Å². The number of ether oxygens (including phenoxy) is 1. The first-order valence-corrected chi connectivity index (χ1v) is 6.09. The van der Waals surface area contributed by atoms with Gasteiger partial charge in [0.15, 0.2) is 0 Å². The van der Waals surface area contributed by atoms with Crippen molar-refractivity contribution in [3.63, 3.8) is 0 Å². The third kappa shape index (κ3) is 4.40. The predicted molar refractivity (Wildman–Crippen MR) is 70.5 cm³/mol. The van der Waals surface area contributed by atoms with Crippen LogP contribution in [0.2, 0.25) is 0 Å². The molecule has 0 fully saturated rings. The van der Waals surface area contributed by atoms with Crippen LogP contribution in [-0.2, 0) is 9.53 Å². The van der Waals surface area contributed by atoms with Gasteiger partial charge in [0.05, 0.1) is 6.61 Å². The van der Waals surface area contributed by atoms with Gasteiger partial charge in [0.1, 0.15) is 11.8 Å². The van der Waals surface area contributed by atoms with Gasteiger partial charge in [0, 0.05) is 16.1 Å². The zero-order valence-electron chi connectivity index (χ0n) is 9.90. The molecule has 0 aromatic heterocycles. The number of thiocyanates is 1. The molecule has 0 saturated heterocycles. The van der Waals surface area contributed by atoms with Crippen molar-refractivity contribution in [2.45, 2.75) is 18.2 Å². The van der Waals surface area contributed by atoms with E-state index in [-0.39, 0.29) is 12.4 Å². The molecule has 0 saturated carbocycles. The second-order valence-corrected chi connectivity index (χ2v) is 4.08. The number of esters is 1. The number of carbonyl (C=O) groups excluding carboxylic acids is 1. The van der Waals surface area contributed by atoms with Gasteiger partial charge in [-0.15, -0.1) is 0 Å². The zero-order chi connectivity index (χ0) is 13.4. The summed E-state index contributed by atoms with van der Waals surface area (Å²) in [5.41, 5.74) is 6.88. The van der Waals surface area contributed by atoms with Crippen LogP contribution >= 0.6 is 11.8 Å². The van der Waals surface area contributed by atoms with Crippen molar-refractivity contribution in [2.75, 3.05) is 12.3 Å². The molecule has 4 nitrogen and oxygen atoms in total. The lowest BCUT2D eigenvalue weighted by atomic mass is 10.2. The van der Waals surface area contributed by atoms with Gasteiger partial charge in [0.25, 0.3) is 0 Å². The molecule has 2 N–H and O–H groups in total. The van der Waals surface area contributed by atoms with Crippen LogP contribution in [0.1, 0.15) is 18.9 Å². The van der Waals surface area contributed by atoms with E-state index in [4.69, 9.17) is 15.7 Å². The summed E-state index contributed by atoms with van der Waals surface area (Å²) in [6, 6.07) is 5.16. The number of carbonyl (C=O) groups is 1. The summed E-state index contributed by atoms with van der Waals surface area (Å²) >= 11 is 1.04. The fraction of sp³-hybridized carbons (Fsp3) is 0.231. The minimum absolute atomic E-state index is 0.0307. The number of hydrogen-bond donors (Lipinski definition) is 1. The number of nitrogens with two attached hydrogens (primary N) is 1. The van der Waals surface area contributed by atoms with E-state index >= 15 is 0 Å². The summed E-state index contributed by atoms with van der Waals surface area (Å²) in [7, 11) is 0. The second-order valence-electron chi connectivity index (χ2n) is 3.23. The molecule has 92 valence electrons. The summed E-state index contributed by atoms with van der Waals surface area (Å²) in [5, 5.41) is 10.5. The molecule has 1 aromatic rings. The van der Waals surface area contributed by atoms with Gasteiger partial charge in [0.2, 0.25) is 0 Å². The van der Waals surface area contributed by atoms with Gasteiger partial charge in [-0.05, 0) is 36.9 Å². The number of anilines is 1. The highest BCUT2D eigenvalue weighted by Gasteiger charge is 2.00. The van der Waals surface area contributed by atoms with Crippen molar-refractivity contribution >= 4 is 23.4 Å². The van der Waals surface area contributed by atoms with E-state index in [2.05, 4.69) is 11.8 Å². The van der Waals surface area contributed by atoms with Crippen molar-refractivity contribution in [3.05, 3.63) is 23.8 Å². The maximum absolute atomic E-state index is 11.1. The highest BCUT2D eigenvalue weighted by molar-refractivity contribution is 8.03. The number of nitriles is 1. The van der Waals surface area contributed by atoms with Crippen molar-refractivity contribution in [2.24, 2.45) is 0 Å². The minimum atomic E-state index is -0.355. The Morgan fingerprint density at radius 1 is 1.56 bits per heavy atom. The lowest BCUT2D eigenvalue weighted by Crippen LogP contribution is -2.01. The van der Waals surface area contributed by atoms with E-state index in [0.717, 1.165) is 16.7 Å². The van der Waals surface area contributed by atoms with Gasteiger partial charge in [-0.1, -0.05) is 11.8 Å². The third-order valence-electron chi connectivity index (χ3n) is 1.95. The van der Waals surface area contributed by atoms with Crippen molar-refractivity contribution in [3.8, 4) is 17.2 Å². The summed E-state index contributed by atoms with van der Waals surface area (Å²) < 4.78 is 4.75. The largest absolute Gasteiger partial charge is 0.465 e. The van der Waals surface area contributed by atoms with E-state index in [1.807, 2.05) is 5.40 Å². The van der Waals surface area contributed by atoms with Crippen LogP contribution in [-0.4, -0.2) is 12.6 Å². The Bertz CT molecular complexity index is 538. The molecule has 18 heavy (non-hydrogen) atoms. The van der Waals surface area contributed by atoms with E-state index in [1.54, 1.807) is 25.1 Å². The summed E-state index contributed by atoms with van der Waals surface area (Å²) in [6.07, 6.45) is 0.0307. The minimum Gasteiger partial charge on any atom is -0.465 e. The Kier molecular flexibility index (Phi) is 5.63. The van der Waals surface area contributed by atoms with E-state index in [0.29, 0.717) is 17.9 Å². The Morgan fingerprint density at radius 3 is 3.00 bits per heavy atom. The first kappa shape index (κ1) is 14.0. The topological polar surface area (TPSA) is 76.1 Å². The molecular weight excluding hydrogens is 248 g/mol. The first-order valence-electron chi connectivity index (χ1n) is 5.27. The van der Waals surface area contributed by atoms with Gasteiger partial charge in [-0.25, -0.2) is 0 Å². The first-order chi connectivity index (χ1) is 8.67. The van der Waals surface area contributed by atoms with Gasteiger partial charge in [-0.2, -0.15) is 5.26 Å². The Balaban J connectivity index is 2.78. The van der Waals surface area contributed by atoms with Gasteiger partial charge < -0.3 is 10.5 Å². The monoisotopic (exact) mass is 260 g/mol. The Morgan fingerprint density at radius 2 is 2.33 bits per heavy atom. The average Bonchev–Trinajstić information content (AvgIpc) is 2.34. The second kappa shape index (κ2) is 7.26. The quantitative estimate of drug-likeness (QED) is 0.296. The molecule has 0 radical (unpaired) electrons. The van der Waals surface area contributed by atoms with Crippen molar-refractivity contribution in [1.29, 1.82) is 5.26 Å². The van der Waals surface area contributed by atoms with Crippen molar-refractivity contribution < 1.29 is 9.53 Å². The number of rotatable bonds is 3. The molecule has 0 aliphatic heterocycles. The maximum Gasteiger partial charge on any atom is 0.317 e. The Hall–Kier alpha value is -2.11. The van der Waals surface area contributed by atoms with Gasteiger partial charge >= 0.3 is 5.97 Å². The zero-order valence-corrected chi connectivity index (χ0v) is 10.7.